The Kier molecular flexibility index (Phi) is 4.87. The van der Waals surface area contributed by atoms with E-state index in [1.54, 1.807) is 0 Å². The molecule has 3 atom stereocenters. The summed E-state index contributed by atoms with van der Waals surface area (Å²) in [6, 6.07) is 1.57. The lowest BCUT2D eigenvalue weighted by molar-refractivity contribution is 0.104. The molecule has 0 amide bonds. The van der Waals surface area contributed by atoms with Gasteiger partial charge in [-0.15, -0.1) is 0 Å². The maximum Gasteiger partial charge on any atom is 0.0218 e. The second-order valence-electron chi connectivity index (χ2n) is 6.48. The molecular weight excluding hydrogens is 208 g/mol. The second kappa shape index (κ2) is 6.19. The molecule has 0 aromatic heterocycles. The van der Waals surface area contributed by atoms with Gasteiger partial charge in [-0.2, -0.15) is 0 Å². The van der Waals surface area contributed by atoms with Crippen LogP contribution >= 0.6 is 0 Å². The SMILES string of the molecule is CC(C)C1CN(C2CCCCC2C)CCCN1. The van der Waals surface area contributed by atoms with Gasteiger partial charge in [0.05, 0.1) is 0 Å². The van der Waals surface area contributed by atoms with Crippen LogP contribution in [0, 0.1) is 11.8 Å². The van der Waals surface area contributed by atoms with Gasteiger partial charge in [-0.25, -0.2) is 0 Å². The Morgan fingerprint density at radius 3 is 2.59 bits per heavy atom. The van der Waals surface area contributed by atoms with Crippen LogP contribution < -0.4 is 5.32 Å². The topological polar surface area (TPSA) is 15.3 Å². The maximum absolute atomic E-state index is 3.72. The highest BCUT2D eigenvalue weighted by molar-refractivity contribution is 4.86. The Hall–Kier alpha value is -0.0800. The molecule has 0 aromatic rings. The van der Waals surface area contributed by atoms with Crippen molar-refractivity contribution in [1.82, 2.24) is 10.2 Å². The van der Waals surface area contributed by atoms with Gasteiger partial charge in [-0.1, -0.05) is 33.6 Å². The molecule has 2 fully saturated rings. The molecule has 0 bridgehead atoms. The molecule has 100 valence electrons. The van der Waals surface area contributed by atoms with Gasteiger partial charge in [-0.05, 0) is 44.2 Å². The first kappa shape index (κ1) is 13.4. The first-order valence-corrected chi connectivity index (χ1v) is 7.66. The number of rotatable bonds is 2. The summed E-state index contributed by atoms with van der Waals surface area (Å²) in [5.41, 5.74) is 0. The summed E-state index contributed by atoms with van der Waals surface area (Å²) in [5.74, 6) is 1.67. The highest BCUT2D eigenvalue weighted by Gasteiger charge is 2.30. The van der Waals surface area contributed by atoms with Crippen molar-refractivity contribution in [2.45, 2.75) is 65.0 Å². The number of nitrogens with zero attached hydrogens (tertiary/aromatic N) is 1. The predicted molar refractivity (Wildman–Crippen MR) is 74.2 cm³/mol. The van der Waals surface area contributed by atoms with Crippen molar-refractivity contribution < 1.29 is 0 Å². The van der Waals surface area contributed by atoms with Gasteiger partial charge in [0, 0.05) is 18.6 Å². The fourth-order valence-corrected chi connectivity index (χ4v) is 3.56. The van der Waals surface area contributed by atoms with Crippen LogP contribution in [0.3, 0.4) is 0 Å². The summed E-state index contributed by atoms with van der Waals surface area (Å²) < 4.78 is 0. The van der Waals surface area contributed by atoms with Crippen LogP contribution in [0.15, 0.2) is 0 Å². The van der Waals surface area contributed by atoms with Crippen molar-refractivity contribution in [1.29, 1.82) is 0 Å². The van der Waals surface area contributed by atoms with Crippen molar-refractivity contribution in [3.05, 3.63) is 0 Å². The molecule has 17 heavy (non-hydrogen) atoms. The normalized spacial score (nSPS) is 37.1. The van der Waals surface area contributed by atoms with E-state index in [0.717, 1.165) is 17.9 Å². The molecule has 2 nitrogen and oxygen atoms in total. The fourth-order valence-electron chi connectivity index (χ4n) is 3.56. The van der Waals surface area contributed by atoms with Crippen LogP contribution in [-0.4, -0.2) is 36.6 Å². The monoisotopic (exact) mass is 238 g/mol. The summed E-state index contributed by atoms with van der Waals surface area (Å²) in [6.07, 6.45) is 7.11. The zero-order chi connectivity index (χ0) is 12.3. The van der Waals surface area contributed by atoms with Crippen LogP contribution in [0.25, 0.3) is 0 Å². The number of hydrogen-bond donors (Lipinski definition) is 1. The third kappa shape index (κ3) is 3.45. The van der Waals surface area contributed by atoms with E-state index in [1.807, 2.05) is 0 Å². The van der Waals surface area contributed by atoms with Crippen LogP contribution in [0.4, 0.5) is 0 Å². The molecule has 1 saturated heterocycles. The molecule has 2 rings (SSSR count). The van der Waals surface area contributed by atoms with Gasteiger partial charge in [0.15, 0.2) is 0 Å². The first-order valence-electron chi connectivity index (χ1n) is 7.66. The average molecular weight is 238 g/mol. The third-order valence-electron chi connectivity index (χ3n) is 4.80. The standard InChI is InChI=1S/C15H30N2/c1-12(2)14-11-17(10-6-9-16-14)15-8-5-4-7-13(15)3/h12-16H,4-11H2,1-3H3. The Morgan fingerprint density at radius 1 is 1.12 bits per heavy atom. The molecule has 0 spiro atoms. The van der Waals surface area contributed by atoms with Crippen LogP contribution in [0.5, 0.6) is 0 Å². The lowest BCUT2D eigenvalue weighted by Gasteiger charge is -2.39. The van der Waals surface area contributed by atoms with Crippen LogP contribution in [-0.2, 0) is 0 Å². The maximum atomic E-state index is 3.72. The second-order valence-corrected chi connectivity index (χ2v) is 6.48. The van der Waals surface area contributed by atoms with Gasteiger partial charge in [0.2, 0.25) is 0 Å². The van der Waals surface area contributed by atoms with E-state index in [1.165, 1.54) is 51.7 Å². The Balaban J connectivity index is 1.97. The van der Waals surface area contributed by atoms with Crippen LogP contribution in [0.2, 0.25) is 0 Å². The number of hydrogen-bond acceptors (Lipinski definition) is 2. The fraction of sp³-hybridized carbons (Fsp3) is 1.00. The van der Waals surface area contributed by atoms with Crippen molar-refractivity contribution >= 4 is 0 Å². The predicted octanol–water partition coefficient (Wildman–Crippen LogP) is 2.89. The molecule has 0 radical (unpaired) electrons. The summed E-state index contributed by atoms with van der Waals surface area (Å²) in [4.78, 5) is 2.80. The largest absolute Gasteiger partial charge is 0.312 e. The zero-order valence-electron chi connectivity index (χ0n) is 11.9. The zero-order valence-corrected chi connectivity index (χ0v) is 11.9. The quantitative estimate of drug-likeness (QED) is 0.796. The van der Waals surface area contributed by atoms with Crippen LogP contribution in [0.1, 0.15) is 52.9 Å². The van der Waals surface area contributed by atoms with E-state index in [9.17, 15) is 0 Å². The smallest absolute Gasteiger partial charge is 0.0218 e. The van der Waals surface area contributed by atoms with Gasteiger partial charge in [0.1, 0.15) is 0 Å². The summed E-state index contributed by atoms with van der Waals surface area (Å²) in [5, 5.41) is 3.72. The van der Waals surface area contributed by atoms with E-state index in [-0.39, 0.29) is 0 Å². The Bertz CT molecular complexity index is 227. The van der Waals surface area contributed by atoms with Gasteiger partial charge >= 0.3 is 0 Å². The van der Waals surface area contributed by atoms with Crippen molar-refractivity contribution in [3.63, 3.8) is 0 Å². The molecule has 2 heteroatoms. The van der Waals surface area contributed by atoms with Gasteiger partial charge in [-0.3, -0.25) is 4.90 Å². The van der Waals surface area contributed by atoms with Gasteiger partial charge in [0.25, 0.3) is 0 Å². The highest BCUT2D eigenvalue weighted by atomic mass is 15.2. The molecular formula is C15H30N2. The molecule has 1 heterocycles. The van der Waals surface area contributed by atoms with Crippen molar-refractivity contribution in [3.8, 4) is 0 Å². The third-order valence-corrected chi connectivity index (χ3v) is 4.80. The summed E-state index contributed by atoms with van der Waals surface area (Å²) in [7, 11) is 0. The van der Waals surface area contributed by atoms with E-state index >= 15 is 0 Å². The molecule has 0 aromatic carbocycles. The number of nitrogens with one attached hydrogen (secondary N) is 1. The average Bonchev–Trinajstić information content (AvgIpc) is 2.55. The highest BCUT2D eigenvalue weighted by Crippen LogP contribution is 2.29. The van der Waals surface area contributed by atoms with E-state index in [0.29, 0.717) is 6.04 Å². The summed E-state index contributed by atoms with van der Waals surface area (Å²) in [6.45, 7) is 11.0. The van der Waals surface area contributed by atoms with Crippen molar-refractivity contribution in [2.75, 3.05) is 19.6 Å². The Labute approximate surface area is 107 Å². The lowest BCUT2D eigenvalue weighted by Crippen LogP contribution is -2.47. The van der Waals surface area contributed by atoms with Crippen molar-refractivity contribution in [2.24, 2.45) is 11.8 Å². The first-order chi connectivity index (χ1) is 8.18. The van der Waals surface area contributed by atoms with E-state index < -0.39 is 0 Å². The molecule has 3 unspecified atom stereocenters. The molecule has 1 saturated carbocycles. The minimum absolute atomic E-state index is 0.701. The molecule has 1 N–H and O–H groups in total. The molecule has 1 aliphatic carbocycles. The van der Waals surface area contributed by atoms with E-state index in [4.69, 9.17) is 0 Å². The lowest BCUT2D eigenvalue weighted by atomic mass is 9.84. The minimum Gasteiger partial charge on any atom is -0.312 e. The molecule has 1 aliphatic heterocycles. The van der Waals surface area contributed by atoms with Gasteiger partial charge < -0.3 is 5.32 Å². The molecule has 2 aliphatic rings. The summed E-state index contributed by atoms with van der Waals surface area (Å²) >= 11 is 0. The van der Waals surface area contributed by atoms with E-state index in [2.05, 4.69) is 31.0 Å². The Morgan fingerprint density at radius 2 is 1.88 bits per heavy atom. The minimum atomic E-state index is 0.701.